The summed E-state index contributed by atoms with van der Waals surface area (Å²) < 4.78 is 55.7. The van der Waals surface area contributed by atoms with Crippen LogP contribution in [0.1, 0.15) is 12.8 Å². The van der Waals surface area contributed by atoms with Gasteiger partial charge in [0.1, 0.15) is 5.82 Å². The van der Waals surface area contributed by atoms with Gasteiger partial charge in [0.05, 0.1) is 0 Å². The average molecular weight is 460 g/mol. The van der Waals surface area contributed by atoms with E-state index in [-0.39, 0.29) is 10.7 Å². The second-order valence-electron chi connectivity index (χ2n) is 7.83. The van der Waals surface area contributed by atoms with Crippen molar-refractivity contribution in [1.82, 2.24) is 4.31 Å². The van der Waals surface area contributed by atoms with Crippen molar-refractivity contribution in [3.05, 3.63) is 95.2 Å². The Morgan fingerprint density at radius 2 is 1.78 bits per heavy atom. The lowest BCUT2D eigenvalue weighted by atomic mass is 9.69. The normalized spacial score (nSPS) is 21.1. The van der Waals surface area contributed by atoms with Crippen LogP contribution >= 0.6 is 11.9 Å². The van der Waals surface area contributed by atoms with E-state index in [1.807, 2.05) is 16.5 Å². The number of rotatable bonds is 6. The number of nitrogens with one attached hydrogen (secondary N) is 2. The lowest BCUT2D eigenvalue weighted by Crippen LogP contribution is -2.42. The molecule has 1 aliphatic heterocycles. The van der Waals surface area contributed by atoms with Gasteiger partial charge in [-0.3, -0.25) is 0 Å². The van der Waals surface area contributed by atoms with E-state index in [0.29, 0.717) is 25.9 Å². The quantitative estimate of drug-likeness (QED) is 0.171. The molecule has 0 radical (unpaired) electrons. The molecule has 32 heavy (non-hydrogen) atoms. The molecule has 0 amide bonds. The molecule has 0 saturated carbocycles. The van der Waals surface area contributed by atoms with E-state index in [4.69, 9.17) is 5.41 Å². The number of allylic oxidation sites excluding steroid dienone is 2. The Labute approximate surface area is 188 Å². The third-order valence-corrected chi connectivity index (χ3v) is 6.80. The van der Waals surface area contributed by atoms with Gasteiger partial charge in [0.2, 0.25) is 0 Å². The SMILES string of the molecule is C=CC12CC(C=N)=C(Nc3ccc(F)cc3)C=C1CCN(Sc1cc(F)c(F)c(F)c1)C2. The Morgan fingerprint density at radius 1 is 1.09 bits per heavy atom. The number of piperidine rings is 1. The van der Waals surface area contributed by atoms with Crippen molar-refractivity contribution in [3.63, 3.8) is 0 Å². The lowest BCUT2D eigenvalue weighted by Gasteiger charge is -2.45. The summed E-state index contributed by atoms with van der Waals surface area (Å²) in [4.78, 5) is 0.283. The smallest absolute Gasteiger partial charge is 0.194 e. The first-order chi connectivity index (χ1) is 15.3. The van der Waals surface area contributed by atoms with Crippen molar-refractivity contribution >= 4 is 23.8 Å². The molecule has 4 rings (SSSR count). The third-order valence-electron chi connectivity index (χ3n) is 5.78. The van der Waals surface area contributed by atoms with Crippen LogP contribution in [0.5, 0.6) is 0 Å². The molecule has 1 unspecified atom stereocenters. The van der Waals surface area contributed by atoms with E-state index in [0.717, 1.165) is 34.7 Å². The maximum absolute atomic E-state index is 13.6. The molecule has 8 heteroatoms. The molecule has 2 aliphatic rings. The second kappa shape index (κ2) is 8.96. The van der Waals surface area contributed by atoms with Gasteiger partial charge in [0.25, 0.3) is 0 Å². The van der Waals surface area contributed by atoms with Crippen molar-refractivity contribution < 1.29 is 17.6 Å². The summed E-state index contributed by atoms with van der Waals surface area (Å²) >= 11 is 1.17. The predicted molar refractivity (Wildman–Crippen MR) is 120 cm³/mol. The Balaban J connectivity index is 1.56. The van der Waals surface area contributed by atoms with Crippen molar-refractivity contribution in [1.29, 1.82) is 5.41 Å². The van der Waals surface area contributed by atoms with Crippen LogP contribution in [-0.4, -0.2) is 23.6 Å². The molecular weight excluding hydrogens is 438 g/mol. The molecule has 2 aromatic carbocycles. The maximum Gasteiger partial charge on any atom is 0.194 e. The predicted octanol–water partition coefficient (Wildman–Crippen LogP) is 6.47. The molecule has 1 heterocycles. The van der Waals surface area contributed by atoms with E-state index < -0.39 is 22.9 Å². The Kier molecular flexibility index (Phi) is 6.26. The number of hydrogen-bond acceptors (Lipinski definition) is 4. The Morgan fingerprint density at radius 3 is 2.41 bits per heavy atom. The van der Waals surface area contributed by atoms with Gasteiger partial charge in [-0.05, 0) is 72.8 Å². The van der Waals surface area contributed by atoms with Gasteiger partial charge in [-0.25, -0.2) is 21.9 Å². The Bertz CT molecular complexity index is 1100. The van der Waals surface area contributed by atoms with Gasteiger partial charge in [0, 0.05) is 41.0 Å². The summed E-state index contributed by atoms with van der Waals surface area (Å²) in [6.45, 7) is 5.17. The molecule has 1 fully saturated rings. The standard InChI is InChI=1S/C24H21F4N3S/c1-2-24-12-15(13-29)22(30-18-5-3-17(25)4-6-18)9-16(24)7-8-31(14-24)32-19-10-20(26)23(28)21(27)11-19/h2-6,9-11,13,29-30H,1,7-8,12,14H2. The number of halogens is 4. The number of benzene rings is 2. The van der Waals surface area contributed by atoms with E-state index in [2.05, 4.69) is 11.9 Å². The highest BCUT2D eigenvalue weighted by Crippen LogP contribution is 2.47. The minimum Gasteiger partial charge on any atom is -0.355 e. The van der Waals surface area contributed by atoms with Crippen LogP contribution < -0.4 is 5.32 Å². The largest absolute Gasteiger partial charge is 0.355 e. The molecule has 2 aromatic rings. The van der Waals surface area contributed by atoms with Crippen molar-refractivity contribution in [3.8, 4) is 0 Å². The monoisotopic (exact) mass is 459 g/mol. The van der Waals surface area contributed by atoms with Crippen LogP contribution in [0.25, 0.3) is 0 Å². The van der Waals surface area contributed by atoms with Crippen LogP contribution in [0, 0.1) is 34.1 Å². The van der Waals surface area contributed by atoms with Crippen molar-refractivity contribution in [2.24, 2.45) is 5.41 Å². The zero-order valence-corrected chi connectivity index (χ0v) is 17.9. The van der Waals surface area contributed by atoms with Crippen LogP contribution in [0.15, 0.2) is 76.9 Å². The first kappa shape index (κ1) is 22.4. The minimum atomic E-state index is -1.48. The summed E-state index contributed by atoms with van der Waals surface area (Å²) in [5, 5.41) is 11.2. The second-order valence-corrected chi connectivity index (χ2v) is 9.00. The highest BCUT2D eigenvalue weighted by Gasteiger charge is 2.40. The molecule has 1 atom stereocenters. The molecular formula is C24H21F4N3S. The van der Waals surface area contributed by atoms with Crippen molar-refractivity contribution in [2.75, 3.05) is 18.4 Å². The van der Waals surface area contributed by atoms with Crippen LogP contribution in [0.4, 0.5) is 23.2 Å². The zero-order valence-electron chi connectivity index (χ0n) is 17.1. The van der Waals surface area contributed by atoms with E-state index >= 15 is 0 Å². The molecule has 0 spiro atoms. The first-order valence-corrected chi connectivity index (χ1v) is 10.8. The fraction of sp³-hybridized carbons (Fsp3) is 0.208. The summed E-state index contributed by atoms with van der Waals surface area (Å²) in [6.07, 6.45) is 6.37. The van der Waals surface area contributed by atoms with Gasteiger partial charge < -0.3 is 10.7 Å². The molecule has 0 bridgehead atoms. The average Bonchev–Trinajstić information content (AvgIpc) is 2.78. The van der Waals surface area contributed by atoms with E-state index in [1.165, 1.54) is 30.3 Å². The van der Waals surface area contributed by atoms with E-state index in [1.54, 1.807) is 12.1 Å². The lowest BCUT2D eigenvalue weighted by molar-refractivity contribution is 0.277. The summed E-state index contributed by atoms with van der Waals surface area (Å²) in [5.41, 5.74) is 2.96. The highest BCUT2D eigenvalue weighted by atomic mass is 32.2. The van der Waals surface area contributed by atoms with Crippen LogP contribution in [-0.2, 0) is 0 Å². The zero-order chi connectivity index (χ0) is 22.9. The van der Waals surface area contributed by atoms with Gasteiger partial charge >= 0.3 is 0 Å². The van der Waals surface area contributed by atoms with E-state index in [9.17, 15) is 17.6 Å². The van der Waals surface area contributed by atoms with Gasteiger partial charge in [-0.15, -0.1) is 6.58 Å². The highest BCUT2D eigenvalue weighted by molar-refractivity contribution is 7.97. The van der Waals surface area contributed by atoms with Gasteiger partial charge in [-0.2, -0.15) is 0 Å². The molecule has 3 nitrogen and oxygen atoms in total. The minimum absolute atomic E-state index is 0.283. The summed E-state index contributed by atoms with van der Waals surface area (Å²) in [6, 6.07) is 7.99. The van der Waals surface area contributed by atoms with Gasteiger partial charge in [0.15, 0.2) is 17.5 Å². The molecule has 2 N–H and O–H groups in total. The number of fused-ring (bicyclic) bond motifs is 1. The fourth-order valence-electron chi connectivity index (χ4n) is 4.09. The fourth-order valence-corrected chi connectivity index (χ4v) is 5.18. The molecule has 1 saturated heterocycles. The summed E-state index contributed by atoms with van der Waals surface area (Å²) in [5.74, 6) is -4.23. The topological polar surface area (TPSA) is 39.1 Å². The summed E-state index contributed by atoms with van der Waals surface area (Å²) in [7, 11) is 0. The number of anilines is 1. The molecule has 166 valence electrons. The Hall–Kier alpha value is -2.84. The van der Waals surface area contributed by atoms with Crippen LogP contribution in [0.2, 0.25) is 0 Å². The number of nitrogens with zero attached hydrogens (tertiary/aromatic N) is 1. The van der Waals surface area contributed by atoms with Crippen molar-refractivity contribution in [2.45, 2.75) is 17.7 Å². The van der Waals surface area contributed by atoms with Crippen LogP contribution in [0.3, 0.4) is 0 Å². The first-order valence-electron chi connectivity index (χ1n) is 10.0. The third kappa shape index (κ3) is 4.38. The molecule has 1 aliphatic carbocycles. The molecule has 0 aromatic heterocycles. The van der Waals surface area contributed by atoms with Gasteiger partial charge in [-0.1, -0.05) is 11.6 Å². The number of hydrogen-bond donors (Lipinski definition) is 2. The maximum atomic E-state index is 13.6.